The third kappa shape index (κ3) is 3.41. The molecule has 1 heterocycles. The Morgan fingerprint density at radius 1 is 1.50 bits per heavy atom. The van der Waals surface area contributed by atoms with Crippen molar-refractivity contribution in [2.45, 2.75) is 6.10 Å². The third-order valence-corrected chi connectivity index (χ3v) is 3.05. The number of nitro benzene ring substituents is 1. The number of rotatable bonds is 4. The van der Waals surface area contributed by atoms with E-state index in [0.29, 0.717) is 32.1 Å². The minimum absolute atomic E-state index is 0.0509. The van der Waals surface area contributed by atoms with E-state index in [1.807, 2.05) is 0 Å². The molecule has 1 saturated heterocycles. The van der Waals surface area contributed by atoms with Gasteiger partial charge >= 0.3 is 0 Å². The molecule has 18 heavy (non-hydrogen) atoms. The molecule has 0 radical (unpaired) electrons. The highest BCUT2D eigenvalue weighted by Crippen LogP contribution is 2.27. The van der Waals surface area contributed by atoms with Crippen molar-refractivity contribution in [1.82, 2.24) is 0 Å². The van der Waals surface area contributed by atoms with Crippen molar-refractivity contribution in [3.05, 3.63) is 32.8 Å². The molecule has 98 valence electrons. The number of nitrogens with zero attached hydrogens (tertiary/aromatic N) is 1. The molecular formula is C11H13BrN2O4. The average molecular weight is 317 g/mol. The van der Waals surface area contributed by atoms with Gasteiger partial charge in [0.15, 0.2) is 0 Å². The Labute approximate surface area is 113 Å². The van der Waals surface area contributed by atoms with Gasteiger partial charge in [0.1, 0.15) is 5.69 Å². The summed E-state index contributed by atoms with van der Waals surface area (Å²) < 4.78 is 11.5. The van der Waals surface area contributed by atoms with Crippen LogP contribution in [-0.2, 0) is 9.47 Å². The maximum Gasteiger partial charge on any atom is 0.292 e. The van der Waals surface area contributed by atoms with E-state index in [2.05, 4.69) is 21.2 Å². The lowest BCUT2D eigenvalue weighted by Gasteiger charge is -2.23. The second-order valence-corrected chi connectivity index (χ2v) is 4.78. The Kier molecular flexibility index (Phi) is 4.51. The Hall–Kier alpha value is -1.18. The van der Waals surface area contributed by atoms with Crippen LogP contribution in [0, 0.1) is 10.1 Å². The summed E-state index contributed by atoms with van der Waals surface area (Å²) in [5.41, 5.74) is 0.526. The molecule has 0 bridgehead atoms. The summed E-state index contributed by atoms with van der Waals surface area (Å²) in [6.07, 6.45) is -0.0719. The maximum atomic E-state index is 10.9. The van der Waals surface area contributed by atoms with Crippen LogP contribution in [0.4, 0.5) is 11.4 Å². The van der Waals surface area contributed by atoms with Gasteiger partial charge in [0, 0.05) is 17.1 Å². The molecule has 6 nitrogen and oxygen atoms in total. The third-order valence-electron chi connectivity index (χ3n) is 2.56. The van der Waals surface area contributed by atoms with Gasteiger partial charge in [-0.15, -0.1) is 0 Å². The van der Waals surface area contributed by atoms with Crippen molar-refractivity contribution in [3.63, 3.8) is 0 Å². The van der Waals surface area contributed by atoms with Crippen molar-refractivity contribution in [2.75, 3.05) is 31.7 Å². The predicted molar refractivity (Wildman–Crippen MR) is 69.8 cm³/mol. The first-order valence-electron chi connectivity index (χ1n) is 5.54. The lowest BCUT2D eigenvalue weighted by molar-refractivity contribution is -0.384. The summed E-state index contributed by atoms with van der Waals surface area (Å²) in [4.78, 5) is 10.5. The average Bonchev–Trinajstić information content (AvgIpc) is 2.37. The lowest BCUT2D eigenvalue weighted by Crippen LogP contribution is -2.34. The van der Waals surface area contributed by atoms with E-state index in [1.54, 1.807) is 12.1 Å². The van der Waals surface area contributed by atoms with Gasteiger partial charge in [-0.3, -0.25) is 10.1 Å². The smallest absolute Gasteiger partial charge is 0.292 e. The minimum Gasteiger partial charge on any atom is -0.377 e. The zero-order valence-corrected chi connectivity index (χ0v) is 11.2. The second-order valence-electron chi connectivity index (χ2n) is 3.87. The van der Waals surface area contributed by atoms with Crippen molar-refractivity contribution in [3.8, 4) is 0 Å². The topological polar surface area (TPSA) is 73.6 Å². The molecule has 0 aliphatic carbocycles. The van der Waals surface area contributed by atoms with Gasteiger partial charge in [-0.1, -0.05) is 15.9 Å². The van der Waals surface area contributed by atoms with E-state index in [4.69, 9.17) is 9.47 Å². The van der Waals surface area contributed by atoms with Crippen molar-refractivity contribution in [2.24, 2.45) is 0 Å². The molecule has 1 unspecified atom stereocenters. The van der Waals surface area contributed by atoms with Crippen molar-refractivity contribution < 1.29 is 14.4 Å². The summed E-state index contributed by atoms with van der Waals surface area (Å²) in [6.45, 7) is 2.16. The van der Waals surface area contributed by atoms with Crippen LogP contribution in [-0.4, -0.2) is 37.4 Å². The summed E-state index contributed by atoms with van der Waals surface area (Å²) in [5.74, 6) is 0. The summed E-state index contributed by atoms with van der Waals surface area (Å²) in [5, 5.41) is 13.9. The van der Waals surface area contributed by atoms with Gasteiger partial charge in [-0.25, -0.2) is 0 Å². The van der Waals surface area contributed by atoms with Gasteiger partial charge in [-0.05, 0) is 12.1 Å². The SMILES string of the molecule is O=[N+]([O-])c1ccc(Br)cc1NCC1COCCO1. The minimum atomic E-state index is -0.410. The Morgan fingerprint density at radius 3 is 3.00 bits per heavy atom. The number of hydrogen-bond acceptors (Lipinski definition) is 5. The van der Waals surface area contributed by atoms with Gasteiger partial charge in [0.2, 0.25) is 0 Å². The Morgan fingerprint density at radius 2 is 2.33 bits per heavy atom. The molecule has 1 aromatic rings. The first-order chi connectivity index (χ1) is 8.66. The van der Waals surface area contributed by atoms with E-state index in [-0.39, 0.29) is 11.8 Å². The van der Waals surface area contributed by atoms with Crippen LogP contribution in [0.25, 0.3) is 0 Å². The molecule has 0 aromatic heterocycles. The molecule has 1 aliphatic rings. The van der Waals surface area contributed by atoms with Crippen molar-refractivity contribution >= 4 is 27.3 Å². The standard InChI is InChI=1S/C11H13BrN2O4/c12-8-1-2-11(14(15)16)10(5-8)13-6-9-7-17-3-4-18-9/h1-2,5,9,13H,3-4,6-7H2. The Bertz CT molecular complexity index is 435. The number of nitrogens with one attached hydrogen (secondary N) is 1. The molecule has 1 aliphatic heterocycles. The molecule has 2 rings (SSSR count). The zero-order chi connectivity index (χ0) is 13.0. The highest BCUT2D eigenvalue weighted by Gasteiger charge is 2.17. The fourth-order valence-corrected chi connectivity index (χ4v) is 2.05. The quantitative estimate of drug-likeness (QED) is 0.681. The lowest BCUT2D eigenvalue weighted by atomic mass is 10.2. The van der Waals surface area contributed by atoms with Gasteiger partial charge in [0.05, 0.1) is 30.8 Å². The number of anilines is 1. The van der Waals surface area contributed by atoms with Crippen LogP contribution < -0.4 is 5.32 Å². The number of nitro groups is 1. The van der Waals surface area contributed by atoms with E-state index < -0.39 is 4.92 Å². The van der Waals surface area contributed by atoms with Crippen LogP contribution >= 0.6 is 15.9 Å². The molecule has 1 N–H and O–H groups in total. The zero-order valence-electron chi connectivity index (χ0n) is 9.60. The number of hydrogen-bond donors (Lipinski definition) is 1. The summed E-state index contributed by atoms with van der Waals surface area (Å²) in [7, 11) is 0. The molecular weight excluding hydrogens is 304 g/mol. The van der Waals surface area contributed by atoms with E-state index >= 15 is 0 Å². The monoisotopic (exact) mass is 316 g/mol. The second kappa shape index (κ2) is 6.12. The maximum absolute atomic E-state index is 10.9. The van der Waals surface area contributed by atoms with Crippen LogP contribution in [0.2, 0.25) is 0 Å². The molecule has 0 amide bonds. The van der Waals surface area contributed by atoms with E-state index in [0.717, 1.165) is 4.47 Å². The van der Waals surface area contributed by atoms with E-state index in [1.165, 1.54) is 6.07 Å². The Balaban J connectivity index is 2.03. The molecule has 1 atom stereocenters. The summed E-state index contributed by atoms with van der Waals surface area (Å²) in [6, 6.07) is 4.79. The largest absolute Gasteiger partial charge is 0.377 e. The number of halogens is 1. The van der Waals surface area contributed by atoms with Crippen LogP contribution in [0.3, 0.4) is 0 Å². The highest BCUT2D eigenvalue weighted by atomic mass is 79.9. The van der Waals surface area contributed by atoms with Gasteiger partial charge < -0.3 is 14.8 Å². The fourth-order valence-electron chi connectivity index (χ4n) is 1.69. The normalized spacial score (nSPS) is 19.5. The highest BCUT2D eigenvalue weighted by molar-refractivity contribution is 9.10. The first-order valence-corrected chi connectivity index (χ1v) is 6.33. The molecule has 1 fully saturated rings. The van der Waals surface area contributed by atoms with E-state index in [9.17, 15) is 10.1 Å². The van der Waals surface area contributed by atoms with Gasteiger partial charge in [-0.2, -0.15) is 0 Å². The van der Waals surface area contributed by atoms with Crippen molar-refractivity contribution in [1.29, 1.82) is 0 Å². The fraction of sp³-hybridized carbons (Fsp3) is 0.455. The van der Waals surface area contributed by atoms with Crippen LogP contribution in [0.5, 0.6) is 0 Å². The summed E-state index contributed by atoms with van der Waals surface area (Å²) >= 11 is 3.29. The molecule has 0 spiro atoms. The van der Waals surface area contributed by atoms with Gasteiger partial charge in [0.25, 0.3) is 5.69 Å². The molecule has 0 saturated carbocycles. The predicted octanol–water partition coefficient (Wildman–Crippen LogP) is 2.18. The number of benzene rings is 1. The first kappa shape index (κ1) is 13.3. The number of ether oxygens (including phenoxy) is 2. The van der Waals surface area contributed by atoms with Crippen LogP contribution in [0.1, 0.15) is 0 Å². The van der Waals surface area contributed by atoms with Crippen LogP contribution in [0.15, 0.2) is 22.7 Å². The molecule has 1 aromatic carbocycles. The molecule has 7 heteroatoms.